The molecule has 0 radical (unpaired) electrons. The molecule has 0 saturated carbocycles. The third-order valence-corrected chi connectivity index (χ3v) is 9.24. The average molecular weight is 519 g/mol. The topological polar surface area (TPSA) is 90.7 Å². The van der Waals surface area contributed by atoms with Gasteiger partial charge in [-0.25, -0.2) is 8.42 Å². The minimum absolute atomic E-state index is 0.0727. The van der Waals surface area contributed by atoms with Crippen molar-refractivity contribution in [2.24, 2.45) is 5.92 Å². The summed E-state index contributed by atoms with van der Waals surface area (Å²) in [6.07, 6.45) is 2.50. The number of sulfone groups is 1. The lowest BCUT2D eigenvalue weighted by molar-refractivity contribution is 0.0898. The Morgan fingerprint density at radius 1 is 1.14 bits per heavy atom. The van der Waals surface area contributed by atoms with Crippen LogP contribution in [0.15, 0.2) is 47.5 Å². The summed E-state index contributed by atoms with van der Waals surface area (Å²) in [5.74, 6) is 0.205. The van der Waals surface area contributed by atoms with E-state index in [2.05, 4.69) is 19.6 Å². The van der Waals surface area contributed by atoms with Crippen molar-refractivity contribution in [3.05, 3.63) is 53.7 Å². The molecule has 3 rings (SSSR count). The first-order valence-corrected chi connectivity index (χ1v) is 17.4. The quantitative estimate of drug-likeness (QED) is 0.252. The van der Waals surface area contributed by atoms with Crippen molar-refractivity contribution in [2.45, 2.75) is 63.3 Å². The molecule has 0 aliphatic rings. The zero-order valence-corrected chi connectivity index (χ0v) is 23.3. The molecule has 0 aliphatic heterocycles. The molecule has 1 atom stereocenters. The monoisotopic (exact) mass is 518 g/mol. The minimum Gasteiger partial charge on any atom is -0.477 e. The van der Waals surface area contributed by atoms with E-state index < -0.39 is 17.9 Å². The van der Waals surface area contributed by atoms with Gasteiger partial charge in [0.1, 0.15) is 12.4 Å². The van der Waals surface area contributed by atoms with Crippen LogP contribution in [0.2, 0.25) is 25.7 Å². The van der Waals surface area contributed by atoms with E-state index in [-0.39, 0.29) is 23.2 Å². The molecular weight excluding hydrogens is 480 g/mol. The van der Waals surface area contributed by atoms with Gasteiger partial charge in [0.25, 0.3) is 0 Å². The Morgan fingerprint density at radius 2 is 1.86 bits per heavy atom. The second-order valence-electron chi connectivity index (χ2n) is 10.5. The summed E-state index contributed by atoms with van der Waals surface area (Å²) in [7, 11) is -4.76. The predicted octanol–water partition coefficient (Wildman–Crippen LogP) is 5.03. The van der Waals surface area contributed by atoms with Crippen LogP contribution in [0.1, 0.15) is 24.5 Å². The standard InChI is InChI=1S/C26H38N2O5SSi/c1-20-6-8-24(9-7-20)34(30,31)18-23-16-22-10-12-28(19-32-14-15-35(3,4)5)25(22)27-26(23)33-17-21(2)11-13-29/h6-10,12,16,21,29H,11,13-15,17-19H2,1-5H3. The molecule has 1 N–H and O–H groups in total. The second-order valence-corrected chi connectivity index (χ2v) is 18.1. The van der Waals surface area contributed by atoms with Crippen molar-refractivity contribution >= 4 is 28.9 Å². The number of hydrogen-bond donors (Lipinski definition) is 1. The van der Waals surface area contributed by atoms with E-state index in [1.165, 1.54) is 0 Å². The molecule has 7 nitrogen and oxygen atoms in total. The third kappa shape index (κ3) is 7.90. The van der Waals surface area contributed by atoms with E-state index in [4.69, 9.17) is 14.5 Å². The normalized spacial score (nSPS) is 13.3. The average Bonchev–Trinajstić information content (AvgIpc) is 3.16. The maximum Gasteiger partial charge on any atom is 0.219 e. The smallest absolute Gasteiger partial charge is 0.219 e. The van der Waals surface area contributed by atoms with E-state index in [1.807, 2.05) is 36.7 Å². The van der Waals surface area contributed by atoms with Gasteiger partial charge >= 0.3 is 0 Å². The lowest BCUT2D eigenvalue weighted by atomic mass is 10.1. The van der Waals surface area contributed by atoms with Crippen molar-refractivity contribution in [2.75, 3.05) is 19.8 Å². The number of benzene rings is 1. The van der Waals surface area contributed by atoms with Crippen LogP contribution in [0.25, 0.3) is 11.0 Å². The van der Waals surface area contributed by atoms with Gasteiger partial charge < -0.3 is 19.1 Å². The Balaban J connectivity index is 1.88. The first-order chi connectivity index (χ1) is 16.5. The Labute approximate surface area is 210 Å². The molecule has 9 heteroatoms. The van der Waals surface area contributed by atoms with Gasteiger partial charge in [0, 0.05) is 38.4 Å². The minimum atomic E-state index is -3.58. The van der Waals surface area contributed by atoms with Gasteiger partial charge in [-0.3, -0.25) is 0 Å². The molecule has 0 fully saturated rings. The van der Waals surface area contributed by atoms with Gasteiger partial charge in [-0.15, -0.1) is 0 Å². The molecule has 1 aromatic carbocycles. The van der Waals surface area contributed by atoms with Crippen LogP contribution in [0, 0.1) is 12.8 Å². The number of rotatable bonds is 13. The molecule has 1 unspecified atom stereocenters. The molecule has 2 heterocycles. The highest BCUT2D eigenvalue weighted by atomic mass is 32.2. The van der Waals surface area contributed by atoms with Crippen LogP contribution in [-0.4, -0.2) is 51.0 Å². The number of ether oxygens (including phenoxy) is 2. The van der Waals surface area contributed by atoms with E-state index in [0.29, 0.717) is 43.5 Å². The third-order valence-electron chi connectivity index (χ3n) is 5.86. The van der Waals surface area contributed by atoms with Gasteiger partial charge in [-0.1, -0.05) is 44.3 Å². The first-order valence-electron chi connectivity index (χ1n) is 12.1. The SMILES string of the molecule is Cc1ccc(S(=O)(=O)Cc2cc3ccn(COCC[Si](C)(C)C)c3nc2OCC(C)CCO)cc1. The fraction of sp³-hybridized carbons (Fsp3) is 0.500. The number of fused-ring (bicyclic) bond motifs is 1. The highest BCUT2D eigenvalue weighted by Gasteiger charge is 2.21. The fourth-order valence-corrected chi connectivity index (χ4v) is 5.66. The van der Waals surface area contributed by atoms with Gasteiger partial charge in [-0.2, -0.15) is 4.98 Å². The van der Waals surface area contributed by atoms with E-state index in [0.717, 1.165) is 17.0 Å². The molecule has 3 aromatic rings. The van der Waals surface area contributed by atoms with Crippen molar-refractivity contribution in [3.8, 4) is 5.88 Å². The molecule has 2 aromatic heterocycles. The molecule has 0 saturated heterocycles. The highest BCUT2D eigenvalue weighted by molar-refractivity contribution is 7.90. The van der Waals surface area contributed by atoms with Crippen LogP contribution in [-0.2, 0) is 27.1 Å². The maximum absolute atomic E-state index is 13.2. The van der Waals surface area contributed by atoms with Crippen LogP contribution in [0.5, 0.6) is 5.88 Å². The second kappa shape index (κ2) is 11.7. The molecule has 0 aliphatic carbocycles. The van der Waals surface area contributed by atoms with Gasteiger partial charge in [-0.05, 0) is 49.6 Å². The number of nitrogens with zero attached hydrogens (tertiary/aromatic N) is 2. The fourth-order valence-electron chi connectivity index (χ4n) is 3.57. The summed E-state index contributed by atoms with van der Waals surface area (Å²) < 4.78 is 40.2. The van der Waals surface area contributed by atoms with E-state index >= 15 is 0 Å². The van der Waals surface area contributed by atoms with E-state index in [1.54, 1.807) is 24.3 Å². The molecule has 35 heavy (non-hydrogen) atoms. The first kappa shape index (κ1) is 27.4. The highest BCUT2D eigenvalue weighted by Crippen LogP contribution is 2.28. The predicted molar refractivity (Wildman–Crippen MR) is 142 cm³/mol. The van der Waals surface area contributed by atoms with Crippen LogP contribution in [0.4, 0.5) is 0 Å². The van der Waals surface area contributed by atoms with E-state index in [9.17, 15) is 13.5 Å². The molecule has 192 valence electrons. The Kier molecular flexibility index (Phi) is 9.14. The number of pyridine rings is 1. The summed E-state index contributed by atoms with van der Waals surface area (Å²) in [6, 6.07) is 11.7. The van der Waals surface area contributed by atoms with Crippen molar-refractivity contribution < 1.29 is 23.0 Å². The lowest BCUT2D eigenvalue weighted by Gasteiger charge is -2.17. The Morgan fingerprint density at radius 3 is 2.51 bits per heavy atom. The molecule has 0 bridgehead atoms. The number of aliphatic hydroxyl groups is 1. The Bertz CT molecular complexity index is 1220. The number of aromatic nitrogens is 2. The molecular formula is C26H38N2O5SSi. The van der Waals surface area contributed by atoms with Crippen LogP contribution >= 0.6 is 0 Å². The lowest BCUT2D eigenvalue weighted by Crippen LogP contribution is -2.22. The Hall–Kier alpha value is -2.20. The van der Waals surface area contributed by atoms with Gasteiger partial charge in [0.15, 0.2) is 9.84 Å². The van der Waals surface area contributed by atoms with Crippen molar-refractivity contribution in [3.63, 3.8) is 0 Å². The largest absolute Gasteiger partial charge is 0.477 e. The molecule has 0 spiro atoms. The van der Waals surface area contributed by atoms with Crippen molar-refractivity contribution in [1.82, 2.24) is 9.55 Å². The summed E-state index contributed by atoms with van der Waals surface area (Å²) in [5.41, 5.74) is 2.22. The summed E-state index contributed by atoms with van der Waals surface area (Å²) in [5, 5.41) is 10.1. The summed E-state index contributed by atoms with van der Waals surface area (Å²) in [6.45, 7) is 12.3. The number of aliphatic hydroxyl groups excluding tert-OH is 1. The van der Waals surface area contributed by atoms with Gasteiger partial charge in [0.2, 0.25) is 5.88 Å². The zero-order chi connectivity index (χ0) is 25.6. The van der Waals surface area contributed by atoms with Crippen molar-refractivity contribution in [1.29, 1.82) is 0 Å². The maximum atomic E-state index is 13.2. The van der Waals surface area contributed by atoms with Crippen LogP contribution in [0.3, 0.4) is 0 Å². The zero-order valence-electron chi connectivity index (χ0n) is 21.5. The number of aryl methyl sites for hydroxylation is 1. The number of hydrogen-bond acceptors (Lipinski definition) is 6. The summed E-state index contributed by atoms with van der Waals surface area (Å²) >= 11 is 0. The molecule has 0 amide bonds. The van der Waals surface area contributed by atoms with Gasteiger partial charge in [0.05, 0.1) is 17.3 Å². The summed E-state index contributed by atoms with van der Waals surface area (Å²) in [4.78, 5) is 5.00. The van der Waals surface area contributed by atoms with Crippen LogP contribution < -0.4 is 4.74 Å².